The molecule has 2 aromatic rings. The zero-order valence-electron chi connectivity index (χ0n) is 14.4. The Hall–Kier alpha value is -2.74. The highest BCUT2D eigenvalue weighted by Crippen LogP contribution is 2.33. The molecule has 0 saturated carbocycles. The van der Waals surface area contributed by atoms with Gasteiger partial charge in [0.1, 0.15) is 13.2 Å². The molecule has 3 rings (SSSR count). The molecule has 0 fully saturated rings. The third kappa shape index (κ3) is 3.60. The summed E-state index contributed by atoms with van der Waals surface area (Å²) in [5.74, 6) is 0.400. The van der Waals surface area contributed by atoms with Gasteiger partial charge in [0.25, 0.3) is 10.0 Å². The van der Waals surface area contributed by atoms with Crippen molar-refractivity contribution >= 4 is 21.7 Å². The van der Waals surface area contributed by atoms with E-state index in [1.165, 1.54) is 12.1 Å². The summed E-state index contributed by atoms with van der Waals surface area (Å²) in [6.45, 7) is 4.41. The van der Waals surface area contributed by atoms with E-state index in [4.69, 9.17) is 14.2 Å². The van der Waals surface area contributed by atoms with E-state index in [0.717, 1.165) is 0 Å². The molecule has 8 heteroatoms. The Morgan fingerprint density at radius 2 is 1.88 bits per heavy atom. The lowest BCUT2D eigenvalue weighted by Gasteiger charge is -2.19. The van der Waals surface area contributed by atoms with Gasteiger partial charge in [-0.05, 0) is 43.7 Å². The third-order valence-electron chi connectivity index (χ3n) is 3.90. The molecule has 7 nitrogen and oxygen atoms in total. The van der Waals surface area contributed by atoms with E-state index in [9.17, 15) is 13.2 Å². The second kappa shape index (κ2) is 7.25. The predicted molar refractivity (Wildman–Crippen MR) is 95.4 cm³/mol. The minimum atomic E-state index is -3.86. The fourth-order valence-corrected chi connectivity index (χ4v) is 3.71. The number of anilines is 1. The van der Waals surface area contributed by atoms with Gasteiger partial charge in [0.05, 0.1) is 22.8 Å². The van der Waals surface area contributed by atoms with Gasteiger partial charge >= 0.3 is 5.97 Å². The Labute approximate surface area is 151 Å². The van der Waals surface area contributed by atoms with E-state index < -0.39 is 16.0 Å². The summed E-state index contributed by atoms with van der Waals surface area (Å²) < 4.78 is 43.8. The van der Waals surface area contributed by atoms with Crippen molar-refractivity contribution in [1.29, 1.82) is 0 Å². The highest BCUT2D eigenvalue weighted by Gasteiger charge is 2.21. The van der Waals surface area contributed by atoms with Crippen LogP contribution in [0.3, 0.4) is 0 Å². The van der Waals surface area contributed by atoms with Crippen LogP contribution in [0.25, 0.3) is 0 Å². The molecule has 1 heterocycles. The van der Waals surface area contributed by atoms with E-state index >= 15 is 0 Å². The Balaban J connectivity index is 1.90. The number of esters is 1. The fraction of sp³-hybridized carbons (Fsp3) is 0.278. The van der Waals surface area contributed by atoms with Crippen molar-refractivity contribution in [2.24, 2.45) is 0 Å². The SMILES string of the molecule is CCOC(=O)c1cccc(NS(=O)(=O)c2ccc3c(c2)OCCO3)c1C. The average molecular weight is 377 g/mol. The van der Waals surface area contributed by atoms with Crippen LogP contribution in [0.5, 0.6) is 11.5 Å². The number of hydrogen-bond acceptors (Lipinski definition) is 6. The second-order valence-electron chi connectivity index (χ2n) is 5.61. The van der Waals surface area contributed by atoms with Gasteiger partial charge in [-0.25, -0.2) is 13.2 Å². The summed E-state index contributed by atoms with van der Waals surface area (Å²) >= 11 is 0. The minimum Gasteiger partial charge on any atom is -0.486 e. The second-order valence-corrected chi connectivity index (χ2v) is 7.29. The van der Waals surface area contributed by atoms with Crippen LogP contribution < -0.4 is 14.2 Å². The number of carbonyl (C=O) groups excluding carboxylic acids is 1. The number of fused-ring (bicyclic) bond motifs is 1. The first-order chi connectivity index (χ1) is 12.4. The number of benzene rings is 2. The van der Waals surface area contributed by atoms with Gasteiger partial charge < -0.3 is 14.2 Å². The van der Waals surface area contributed by atoms with E-state index in [0.29, 0.717) is 41.5 Å². The van der Waals surface area contributed by atoms with Crippen LogP contribution in [0, 0.1) is 6.92 Å². The number of hydrogen-bond donors (Lipinski definition) is 1. The number of nitrogens with one attached hydrogen (secondary N) is 1. The first-order valence-electron chi connectivity index (χ1n) is 8.11. The highest BCUT2D eigenvalue weighted by molar-refractivity contribution is 7.92. The Morgan fingerprint density at radius 1 is 1.15 bits per heavy atom. The maximum atomic E-state index is 12.7. The van der Waals surface area contributed by atoms with Crippen LogP contribution in [0.2, 0.25) is 0 Å². The molecule has 1 N–H and O–H groups in total. The van der Waals surface area contributed by atoms with Crippen LogP contribution in [-0.2, 0) is 14.8 Å². The predicted octanol–water partition coefficient (Wildman–Crippen LogP) is 2.74. The summed E-state index contributed by atoms with van der Waals surface area (Å²) in [7, 11) is -3.86. The van der Waals surface area contributed by atoms with E-state index in [1.807, 2.05) is 0 Å². The summed E-state index contributed by atoms with van der Waals surface area (Å²) in [5.41, 5.74) is 1.12. The van der Waals surface area contributed by atoms with Crippen molar-refractivity contribution in [3.63, 3.8) is 0 Å². The van der Waals surface area contributed by atoms with Crippen molar-refractivity contribution < 1.29 is 27.4 Å². The van der Waals surface area contributed by atoms with Gasteiger partial charge in [-0.15, -0.1) is 0 Å². The van der Waals surface area contributed by atoms with E-state index in [1.54, 1.807) is 38.1 Å². The molecular weight excluding hydrogens is 358 g/mol. The Bertz CT molecular complexity index is 939. The first kappa shape index (κ1) is 18.1. The summed E-state index contributed by atoms with van der Waals surface area (Å²) in [5, 5.41) is 0. The molecule has 0 aromatic heterocycles. The fourth-order valence-electron chi connectivity index (χ4n) is 2.57. The summed E-state index contributed by atoms with van der Waals surface area (Å²) in [6, 6.07) is 9.20. The average Bonchev–Trinajstić information content (AvgIpc) is 2.63. The van der Waals surface area contributed by atoms with Gasteiger partial charge in [0, 0.05) is 6.07 Å². The number of rotatable bonds is 5. The van der Waals surface area contributed by atoms with Gasteiger partial charge in [-0.2, -0.15) is 0 Å². The van der Waals surface area contributed by atoms with Crippen LogP contribution in [0.4, 0.5) is 5.69 Å². The molecule has 26 heavy (non-hydrogen) atoms. The zero-order valence-corrected chi connectivity index (χ0v) is 15.3. The monoisotopic (exact) mass is 377 g/mol. The van der Waals surface area contributed by atoms with Gasteiger partial charge in [0.15, 0.2) is 11.5 Å². The zero-order chi connectivity index (χ0) is 18.7. The van der Waals surface area contributed by atoms with Crippen LogP contribution >= 0.6 is 0 Å². The van der Waals surface area contributed by atoms with E-state index in [2.05, 4.69) is 4.72 Å². The molecule has 0 bridgehead atoms. The van der Waals surface area contributed by atoms with Crippen LogP contribution in [-0.4, -0.2) is 34.2 Å². The maximum Gasteiger partial charge on any atom is 0.338 e. The quantitative estimate of drug-likeness (QED) is 0.806. The number of sulfonamides is 1. The normalized spacial score (nSPS) is 13.2. The molecule has 0 saturated heterocycles. The maximum absolute atomic E-state index is 12.7. The number of carbonyl (C=O) groups is 1. The van der Waals surface area contributed by atoms with Crippen molar-refractivity contribution in [2.45, 2.75) is 18.7 Å². The van der Waals surface area contributed by atoms with Gasteiger partial charge in [-0.3, -0.25) is 4.72 Å². The lowest BCUT2D eigenvalue weighted by molar-refractivity contribution is 0.0525. The van der Waals surface area contributed by atoms with Crippen molar-refractivity contribution in [3.05, 3.63) is 47.5 Å². The lowest BCUT2D eigenvalue weighted by atomic mass is 10.1. The molecule has 0 aliphatic carbocycles. The van der Waals surface area contributed by atoms with Crippen molar-refractivity contribution in [1.82, 2.24) is 0 Å². The topological polar surface area (TPSA) is 90.9 Å². The van der Waals surface area contributed by atoms with E-state index in [-0.39, 0.29) is 11.5 Å². The van der Waals surface area contributed by atoms with Crippen molar-refractivity contribution in [3.8, 4) is 11.5 Å². The molecule has 0 spiro atoms. The molecular formula is C18H19NO6S. The van der Waals surface area contributed by atoms with Crippen LogP contribution in [0.15, 0.2) is 41.3 Å². The summed E-state index contributed by atoms with van der Waals surface area (Å²) in [4.78, 5) is 12.0. The largest absolute Gasteiger partial charge is 0.486 e. The number of ether oxygens (including phenoxy) is 3. The standard InChI is InChI=1S/C18H19NO6S/c1-3-23-18(20)14-5-4-6-15(12(14)2)19-26(21,22)13-7-8-16-17(11-13)25-10-9-24-16/h4-8,11,19H,3,9-10H2,1-2H3. The van der Waals surface area contributed by atoms with Gasteiger partial charge in [0.2, 0.25) is 0 Å². The molecule has 0 atom stereocenters. The smallest absolute Gasteiger partial charge is 0.338 e. The Morgan fingerprint density at radius 3 is 2.62 bits per heavy atom. The lowest BCUT2D eigenvalue weighted by Crippen LogP contribution is -2.18. The summed E-state index contributed by atoms with van der Waals surface area (Å²) in [6.07, 6.45) is 0. The molecule has 1 aliphatic heterocycles. The van der Waals surface area contributed by atoms with Gasteiger partial charge in [-0.1, -0.05) is 6.07 Å². The molecule has 2 aromatic carbocycles. The van der Waals surface area contributed by atoms with Crippen molar-refractivity contribution in [2.75, 3.05) is 24.5 Å². The third-order valence-corrected chi connectivity index (χ3v) is 5.26. The molecule has 0 unspecified atom stereocenters. The minimum absolute atomic E-state index is 0.0442. The molecule has 1 aliphatic rings. The Kier molecular flexibility index (Phi) is 5.03. The molecule has 0 radical (unpaired) electrons. The first-order valence-corrected chi connectivity index (χ1v) is 9.60. The molecule has 138 valence electrons. The molecule has 0 amide bonds. The van der Waals surface area contributed by atoms with Crippen LogP contribution in [0.1, 0.15) is 22.8 Å². The highest BCUT2D eigenvalue weighted by atomic mass is 32.2.